The first-order chi connectivity index (χ1) is 9.86. The predicted molar refractivity (Wildman–Crippen MR) is 88.3 cm³/mol. The fourth-order valence-electron chi connectivity index (χ4n) is 2.32. The molecular formula is C14H18Cl3N3O. The summed E-state index contributed by atoms with van der Waals surface area (Å²) in [5.41, 5.74) is 6.49. The Morgan fingerprint density at radius 1 is 1.33 bits per heavy atom. The van der Waals surface area contributed by atoms with Crippen LogP contribution >= 0.6 is 34.8 Å². The molecule has 0 aromatic heterocycles. The molecule has 0 spiro atoms. The molecule has 1 aliphatic rings. The fourth-order valence-corrected chi connectivity index (χ4v) is 2.92. The monoisotopic (exact) mass is 349 g/mol. The van der Waals surface area contributed by atoms with Gasteiger partial charge in [-0.05, 0) is 31.0 Å². The molecule has 1 amide bonds. The van der Waals surface area contributed by atoms with Gasteiger partial charge in [0.15, 0.2) is 0 Å². The minimum absolute atomic E-state index is 0.111. The number of halogens is 3. The maximum Gasteiger partial charge on any atom is 0.238 e. The van der Waals surface area contributed by atoms with Gasteiger partial charge in [-0.1, -0.05) is 41.7 Å². The molecule has 2 unspecified atom stereocenters. The maximum absolute atomic E-state index is 12.1. The van der Waals surface area contributed by atoms with Gasteiger partial charge >= 0.3 is 0 Å². The number of anilines is 1. The van der Waals surface area contributed by atoms with Crippen LogP contribution < -0.4 is 11.1 Å². The van der Waals surface area contributed by atoms with Crippen LogP contribution in [0.4, 0.5) is 5.69 Å². The Morgan fingerprint density at radius 3 is 2.67 bits per heavy atom. The van der Waals surface area contributed by atoms with Gasteiger partial charge in [0.25, 0.3) is 0 Å². The third kappa shape index (κ3) is 4.47. The number of carbonyl (C=O) groups is 1. The Bertz CT molecular complexity index is 538. The maximum atomic E-state index is 12.1. The van der Waals surface area contributed by atoms with E-state index in [4.69, 9.17) is 40.5 Å². The van der Waals surface area contributed by atoms with Gasteiger partial charge < -0.3 is 11.1 Å². The number of nitrogens with zero attached hydrogens (tertiary/aromatic N) is 1. The highest BCUT2D eigenvalue weighted by Crippen LogP contribution is 2.32. The van der Waals surface area contributed by atoms with E-state index in [1.54, 1.807) is 6.07 Å². The van der Waals surface area contributed by atoms with Crippen LogP contribution in [0, 0.1) is 5.92 Å². The number of piperidine rings is 1. The number of hydrogen-bond donors (Lipinski definition) is 2. The zero-order valence-corrected chi connectivity index (χ0v) is 14.0. The minimum Gasteiger partial charge on any atom is -0.326 e. The summed E-state index contributed by atoms with van der Waals surface area (Å²) >= 11 is 17.8. The van der Waals surface area contributed by atoms with Gasteiger partial charge in [0.1, 0.15) is 0 Å². The summed E-state index contributed by atoms with van der Waals surface area (Å²) in [6.45, 7) is 4.02. The second-order valence-corrected chi connectivity index (χ2v) is 6.68. The molecule has 0 bridgehead atoms. The van der Waals surface area contributed by atoms with Gasteiger partial charge in [-0.15, -0.1) is 0 Å². The lowest BCUT2D eigenvalue weighted by atomic mass is 9.94. The van der Waals surface area contributed by atoms with Crippen molar-refractivity contribution < 1.29 is 4.79 Å². The van der Waals surface area contributed by atoms with Gasteiger partial charge in [-0.25, -0.2) is 0 Å². The molecule has 3 N–H and O–H groups in total. The first kappa shape index (κ1) is 16.8. The van der Waals surface area contributed by atoms with E-state index in [2.05, 4.69) is 12.2 Å². The van der Waals surface area contributed by atoms with E-state index in [-0.39, 0.29) is 18.5 Å². The van der Waals surface area contributed by atoms with Crippen LogP contribution in [0.15, 0.2) is 12.1 Å². The molecule has 1 aromatic rings. The van der Waals surface area contributed by atoms with E-state index in [9.17, 15) is 4.79 Å². The van der Waals surface area contributed by atoms with Crippen molar-refractivity contribution in [1.29, 1.82) is 0 Å². The number of hydrogen-bond acceptors (Lipinski definition) is 3. The first-order valence-corrected chi connectivity index (χ1v) is 7.92. The Morgan fingerprint density at radius 2 is 2.00 bits per heavy atom. The second-order valence-electron chi connectivity index (χ2n) is 5.46. The second kappa shape index (κ2) is 7.16. The van der Waals surface area contributed by atoms with Crippen molar-refractivity contribution in [3.8, 4) is 0 Å². The topological polar surface area (TPSA) is 58.4 Å². The summed E-state index contributed by atoms with van der Waals surface area (Å²) in [6, 6.07) is 3.17. The average molecular weight is 351 g/mol. The average Bonchev–Trinajstić information content (AvgIpc) is 2.40. The van der Waals surface area contributed by atoms with Crippen molar-refractivity contribution in [2.75, 3.05) is 25.0 Å². The van der Waals surface area contributed by atoms with E-state index in [1.165, 1.54) is 6.07 Å². The van der Waals surface area contributed by atoms with E-state index < -0.39 is 0 Å². The van der Waals surface area contributed by atoms with Gasteiger partial charge in [0.05, 0.1) is 27.3 Å². The number of rotatable bonds is 3. The number of nitrogens with two attached hydrogens (primary N) is 1. The Labute approximate surface area is 139 Å². The van der Waals surface area contributed by atoms with E-state index in [0.29, 0.717) is 26.7 Å². The molecule has 0 radical (unpaired) electrons. The SMILES string of the molecule is CC1CCN(CC(=O)Nc2cc(Cl)c(Cl)cc2Cl)CC1N. The Hall–Kier alpha value is -0.520. The number of carbonyl (C=O) groups excluding carboxylic acids is 1. The normalized spacial score (nSPS) is 23.1. The lowest BCUT2D eigenvalue weighted by Gasteiger charge is -2.34. The molecule has 4 nitrogen and oxygen atoms in total. The van der Waals surface area contributed by atoms with E-state index >= 15 is 0 Å². The molecule has 21 heavy (non-hydrogen) atoms. The predicted octanol–water partition coefficient (Wildman–Crippen LogP) is 3.25. The van der Waals surface area contributed by atoms with Crippen LogP contribution in [0.2, 0.25) is 15.1 Å². The molecule has 1 heterocycles. The highest BCUT2D eigenvalue weighted by Gasteiger charge is 2.24. The van der Waals surface area contributed by atoms with Crippen LogP contribution in [0.1, 0.15) is 13.3 Å². The molecule has 1 aliphatic heterocycles. The standard InChI is InChI=1S/C14H18Cl3N3O/c1-8-2-3-20(6-12(8)18)7-14(21)19-13-5-10(16)9(15)4-11(13)17/h4-5,8,12H,2-3,6-7,18H2,1H3,(H,19,21). The molecule has 2 rings (SSSR count). The summed E-state index contributed by atoms with van der Waals surface area (Å²) < 4.78 is 0. The van der Waals surface area contributed by atoms with Crippen LogP contribution in [-0.2, 0) is 4.79 Å². The minimum atomic E-state index is -0.142. The third-order valence-corrected chi connectivity index (χ3v) is 4.79. The summed E-state index contributed by atoms with van der Waals surface area (Å²) in [5.74, 6) is 0.353. The number of nitrogens with one attached hydrogen (secondary N) is 1. The molecule has 1 saturated heterocycles. The lowest BCUT2D eigenvalue weighted by Crippen LogP contribution is -2.49. The molecular weight excluding hydrogens is 333 g/mol. The third-order valence-electron chi connectivity index (χ3n) is 3.75. The smallest absolute Gasteiger partial charge is 0.238 e. The molecule has 2 atom stereocenters. The Kier molecular flexibility index (Phi) is 5.74. The quantitative estimate of drug-likeness (QED) is 0.823. The highest BCUT2D eigenvalue weighted by molar-refractivity contribution is 6.44. The van der Waals surface area contributed by atoms with Crippen LogP contribution in [-0.4, -0.2) is 36.5 Å². The van der Waals surface area contributed by atoms with Gasteiger partial charge in [0.2, 0.25) is 5.91 Å². The fraction of sp³-hybridized carbons (Fsp3) is 0.500. The van der Waals surface area contributed by atoms with Crippen molar-refractivity contribution in [1.82, 2.24) is 4.90 Å². The van der Waals surface area contributed by atoms with Crippen molar-refractivity contribution in [2.45, 2.75) is 19.4 Å². The van der Waals surface area contributed by atoms with Crippen LogP contribution in [0.3, 0.4) is 0 Å². The van der Waals surface area contributed by atoms with Crippen LogP contribution in [0.25, 0.3) is 0 Å². The molecule has 0 aliphatic carbocycles. The van der Waals surface area contributed by atoms with E-state index in [0.717, 1.165) is 19.5 Å². The number of benzene rings is 1. The summed E-state index contributed by atoms with van der Waals surface area (Å²) in [6.07, 6.45) is 1.00. The zero-order chi connectivity index (χ0) is 15.6. The van der Waals surface area contributed by atoms with Gasteiger partial charge in [-0.2, -0.15) is 0 Å². The van der Waals surface area contributed by atoms with Crippen molar-refractivity contribution in [2.24, 2.45) is 11.7 Å². The molecule has 116 valence electrons. The number of amides is 1. The van der Waals surface area contributed by atoms with Crippen molar-refractivity contribution in [3.05, 3.63) is 27.2 Å². The highest BCUT2D eigenvalue weighted by atomic mass is 35.5. The molecule has 7 heteroatoms. The van der Waals surface area contributed by atoms with Gasteiger partial charge in [0, 0.05) is 12.6 Å². The van der Waals surface area contributed by atoms with Gasteiger partial charge in [-0.3, -0.25) is 9.69 Å². The summed E-state index contributed by atoms with van der Waals surface area (Å²) in [4.78, 5) is 14.1. The summed E-state index contributed by atoms with van der Waals surface area (Å²) in [7, 11) is 0. The molecule has 1 fully saturated rings. The van der Waals surface area contributed by atoms with E-state index in [1.807, 2.05) is 4.90 Å². The lowest BCUT2D eigenvalue weighted by molar-refractivity contribution is -0.117. The molecule has 0 saturated carbocycles. The molecule has 1 aromatic carbocycles. The largest absolute Gasteiger partial charge is 0.326 e. The van der Waals surface area contributed by atoms with Crippen LogP contribution in [0.5, 0.6) is 0 Å². The Balaban J connectivity index is 1.95. The summed E-state index contributed by atoms with van der Waals surface area (Å²) in [5, 5.41) is 3.83. The number of likely N-dealkylation sites (tertiary alicyclic amines) is 1. The van der Waals surface area contributed by atoms with Crippen molar-refractivity contribution in [3.63, 3.8) is 0 Å². The van der Waals surface area contributed by atoms with Crippen molar-refractivity contribution >= 4 is 46.4 Å². The zero-order valence-electron chi connectivity index (χ0n) is 11.7. The first-order valence-electron chi connectivity index (χ1n) is 6.79.